The fraction of sp³-hybridized carbons (Fsp3) is 0.303. The maximum atomic E-state index is 14.0. The van der Waals surface area contributed by atoms with Gasteiger partial charge in [-0.15, -0.1) is 11.8 Å². The van der Waals surface area contributed by atoms with Gasteiger partial charge in [0.05, 0.1) is 22.5 Å². The van der Waals surface area contributed by atoms with Gasteiger partial charge in [-0.2, -0.15) is 0 Å². The molecule has 2 aliphatic carbocycles. The second-order valence-corrected chi connectivity index (χ2v) is 14.9. The molecule has 2 saturated carbocycles. The van der Waals surface area contributed by atoms with E-state index in [9.17, 15) is 14.4 Å². The number of nitrogens with zero attached hydrogens (tertiary/aromatic N) is 1. The minimum atomic E-state index is -0.339. The largest absolute Gasteiger partial charge is 0.489 e. The summed E-state index contributed by atoms with van der Waals surface area (Å²) in [6.07, 6.45) is 0.848. The number of amides is 2. The molecule has 3 fully saturated rings. The first-order valence-corrected chi connectivity index (χ1v) is 16.7. The first-order valence-electron chi connectivity index (χ1n) is 14.2. The van der Waals surface area contributed by atoms with Gasteiger partial charge in [0, 0.05) is 26.1 Å². The van der Waals surface area contributed by atoms with Gasteiger partial charge in [0.1, 0.15) is 12.4 Å². The highest BCUT2D eigenvalue weighted by Gasteiger charge is 2.69. The number of carbonyl (C=O) groups is 2. The summed E-state index contributed by atoms with van der Waals surface area (Å²) in [4.78, 5) is 46.0. The van der Waals surface area contributed by atoms with Crippen LogP contribution in [-0.2, 0) is 16.2 Å². The third kappa shape index (κ3) is 4.00. The molecule has 212 valence electrons. The molecule has 1 N–H and O–H groups in total. The van der Waals surface area contributed by atoms with Crippen molar-refractivity contribution in [2.24, 2.45) is 29.6 Å². The number of halogens is 1. The molecule has 8 rings (SSSR count). The second kappa shape index (κ2) is 9.96. The summed E-state index contributed by atoms with van der Waals surface area (Å²) >= 11 is 6.65. The number of aromatic nitrogens is 1. The summed E-state index contributed by atoms with van der Waals surface area (Å²) in [7, 11) is 0. The van der Waals surface area contributed by atoms with Crippen molar-refractivity contribution in [1.82, 2.24) is 4.98 Å². The summed E-state index contributed by atoms with van der Waals surface area (Å²) in [5.74, 6) is 0.0641. The number of anilines is 1. The number of imide groups is 1. The zero-order valence-corrected chi connectivity index (χ0v) is 25.9. The van der Waals surface area contributed by atoms with E-state index in [0.29, 0.717) is 12.3 Å². The fourth-order valence-corrected chi connectivity index (χ4v) is 11.2. The van der Waals surface area contributed by atoms with Gasteiger partial charge < -0.3 is 9.72 Å². The third-order valence-electron chi connectivity index (χ3n) is 9.56. The SMILES string of the molecule is Cc1ccc(COc2ccc(Br)cc2[C@H]2c3sc(=O)[nH]c3SC3C4CC(C5C(=O)N(c6ccccc6)C(=O)C45)C32)cc1. The first-order chi connectivity index (χ1) is 20.4. The van der Waals surface area contributed by atoms with Crippen molar-refractivity contribution in [2.45, 2.75) is 36.1 Å². The van der Waals surface area contributed by atoms with Crippen LogP contribution in [0.25, 0.3) is 0 Å². The quantitative estimate of drug-likeness (QED) is 0.240. The van der Waals surface area contributed by atoms with E-state index >= 15 is 0 Å². The monoisotopic (exact) mass is 658 g/mol. The summed E-state index contributed by atoms with van der Waals surface area (Å²) in [5, 5.41) is 1.01. The van der Waals surface area contributed by atoms with E-state index in [1.807, 2.05) is 42.5 Å². The highest BCUT2D eigenvalue weighted by Crippen LogP contribution is 2.69. The Balaban J connectivity index is 1.20. The molecule has 4 aromatic rings. The highest BCUT2D eigenvalue weighted by molar-refractivity contribution is 9.10. The Kier molecular flexibility index (Phi) is 6.28. The molecule has 0 spiro atoms. The molecule has 2 bridgehead atoms. The standard InChI is InChI=1S/C33H27BrN2O4S2/c1-16-7-9-17(10-8-16)15-40-23-12-11-18(34)13-20(23)24-25-21-14-22(28(25)41-30-29(24)42-33(39)35-30)27-26(21)31(37)36(32(27)38)19-5-3-2-4-6-19/h2-13,21-22,24-28H,14-15H2,1H3,(H,35,39)/t21?,22?,24-,25?,26?,27?,28?/m1/s1. The molecule has 1 aromatic heterocycles. The average Bonchev–Trinajstić information content (AvgIpc) is 3.72. The van der Waals surface area contributed by atoms with Gasteiger partial charge in [0.2, 0.25) is 11.8 Å². The summed E-state index contributed by atoms with van der Waals surface area (Å²) in [5.41, 5.74) is 3.95. The van der Waals surface area contributed by atoms with Crippen LogP contribution < -0.4 is 14.5 Å². The van der Waals surface area contributed by atoms with Gasteiger partial charge >= 0.3 is 4.87 Å². The van der Waals surface area contributed by atoms with Gasteiger partial charge in [-0.1, -0.05) is 75.3 Å². The van der Waals surface area contributed by atoms with Crippen LogP contribution in [0, 0.1) is 36.5 Å². The van der Waals surface area contributed by atoms with Gasteiger partial charge in [-0.05, 0) is 67.0 Å². The molecule has 7 atom stereocenters. The number of para-hydroxylation sites is 1. The van der Waals surface area contributed by atoms with Crippen LogP contribution >= 0.6 is 39.0 Å². The summed E-state index contributed by atoms with van der Waals surface area (Å²) in [6, 6.07) is 23.7. The van der Waals surface area contributed by atoms with Crippen LogP contribution in [-0.4, -0.2) is 22.0 Å². The van der Waals surface area contributed by atoms with Crippen LogP contribution in [0.2, 0.25) is 0 Å². The molecule has 2 aliphatic heterocycles. The van der Waals surface area contributed by atoms with E-state index in [2.05, 4.69) is 58.2 Å². The van der Waals surface area contributed by atoms with Crippen LogP contribution in [0.1, 0.15) is 33.9 Å². The van der Waals surface area contributed by atoms with Crippen molar-refractivity contribution in [1.29, 1.82) is 0 Å². The van der Waals surface area contributed by atoms with Crippen molar-refractivity contribution in [3.8, 4) is 5.75 Å². The van der Waals surface area contributed by atoms with Crippen molar-refractivity contribution >= 4 is 56.5 Å². The van der Waals surface area contributed by atoms with Crippen LogP contribution in [0.3, 0.4) is 0 Å². The topological polar surface area (TPSA) is 79.5 Å². The lowest BCUT2D eigenvalue weighted by molar-refractivity contribution is -0.123. The van der Waals surface area contributed by atoms with Crippen molar-refractivity contribution in [2.75, 3.05) is 4.90 Å². The van der Waals surface area contributed by atoms with E-state index in [4.69, 9.17) is 4.74 Å². The normalized spacial score (nSPS) is 29.0. The van der Waals surface area contributed by atoms with Gasteiger partial charge in [0.25, 0.3) is 0 Å². The number of benzene rings is 3. The molecule has 3 aromatic carbocycles. The molecular formula is C33H27BrN2O4S2. The molecule has 9 heteroatoms. The van der Waals surface area contributed by atoms with E-state index in [-0.39, 0.29) is 57.4 Å². The number of thiazole rings is 1. The van der Waals surface area contributed by atoms with Gasteiger partial charge in [-0.3, -0.25) is 19.3 Å². The van der Waals surface area contributed by atoms with Gasteiger partial charge in [-0.25, -0.2) is 0 Å². The zero-order chi connectivity index (χ0) is 28.7. The molecule has 1 saturated heterocycles. The van der Waals surface area contributed by atoms with Crippen molar-refractivity contribution < 1.29 is 14.3 Å². The Morgan fingerprint density at radius 3 is 2.45 bits per heavy atom. The number of H-pyrrole nitrogens is 1. The lowest BCUT2D eigenvalue weighted by Gasteiger charge is -2.43. The molecule has 6 unspecified atom stereocenters. The van der Waals surface area contributed by atoms with E-state index in [1.165, 1.54) is 21.8 Å². The number of carbonyl (C=O) groups excluding carboxylic acids is 2. The van der Waals surface area contributed by atoms with Crippen molar-refractivity contribution in [3.63, 3.8) is 0 Å². The number of hydrogen-bond donors (Lipinski definition) is 1. The molecule has 4 aliphatic rings. The van der Waals surface area contributed by atoms with E-state index in [0.717, 1.165) is 37.7 Å². The predicted octanol–water partition coefficient (Wildman–Crippen LogP) is 6.76. The number of thioether (sulfide) groups is 1. The molecule has 3 heterocycles. The van der Waals surface area contributed by atoms with Crippen molar-refractivity contribution in [3.05, 3.63) is 109 Å². The predicted molar refractivity (Wildman–Crippen MR) is 167 cm³/mol. The zero-order valence-electron chi connectivity index (χ0n) is 22.7. The number of nitrogens with one attached hydrogen (secondary N) is 1. The Labute approximate surface area is 259 Å². The van der Waals surface area contributed by atoms with Crippen LogP contribution in [0.15, 0.2) is 87.1 Å². The lowest BCUT2D eigenvalue weighted by atomic mass is 9.68. The minimum Gasteiger partial charge on any atom is -0.489 e. The highest BCUT2D eigenvalue weighted by atomic mass is 79.9. The van der Waals surface area contributed by atoms with Crippen LogP contribution in [0.5, 0.6) is 5.75 Å². The lowest BCUT2D eigenvalue weighted by Crippen LogP contribution is -2.42. The third-order valence-corrected chi connectivity index (χ3v) is 12.6. The molecule has 2 amide bonds. The Morgan fingerprint density at radius 1 is 0.952 bits per heavy atom. The number of fused-ring (bicyclic) bond motifs is 9. The molecule has 6 nitrogen and oxygen atoms in total. The summed E-state index contributed by atoms with van der Waals surface area (Å²) < 4.78 is 7.41. The number of aryl methyl sites for hydroxylation is 1. The first kappa shape index (κ1) is 26.5. The average molecular weight is 660 g/mol. The fourth-order valence-electron chi connectivity index (χ4n) is 7.94. The Hall–Kier alpha value is -3.14. The maximum absolute atomic E-state index is 14.0. The van der Waals surface area contributed by atoms with Gasteiger partial charge in [0.15, 0.2) is 0 Å². The molecule has 0 radical (unpaired) electrons. The number of rotatable bonds is 5. The molecule has 42 heavy (non-hydrogen) atoms. The second-order valence-electron chi connectivity index (χ2n) is 11.8. The van der Waals surface area contributed by atoms with E-state index < -0.39 is 0 Å². The minimum absolute atomic E-state index is 0.0435. The summed E-state index contributed by atoms with van der Waals surface area (Å²) in [6.45, 7) is 2.49. The number of ether oxygens (including phenoxy) is 1. The number of aromatic amines is 1. The number of hydrogen-bond acceptors (Lipinski definition) is 6. The smallest absolute Gasteiger partial charge is 0.305 e. The molecular weight excluding hydrogens is 632 g/mol. The Morgan fingerprint density at radius 2 is 1.69 bits per heavy atom. The Bertz CT molecular complexity index is 1790. The maximum Gasteiger partial charge on any atom is 0.305 e. The van der Waals surface area contributed by atoms with Crippen LogP contribution in [0.4, 0.5) is 5.69 Å². The van der Waals surface area contributed by atoms with E-state index in [1.54, 1.807) is 11.8 Å².